The van der Waals surface area contributed by atoms with Gasteiger partial charge in [0.25, 0.3) is 5.91 Å². The molecule has 2 rings (SSSR count). The van der Waals surface area contributed by atoms with Crippen molar-refractivity contribution >= 4 is 23.2 Å². The van der Waals surface area contributed by atoms with Gasteiger partial charge < -0.3 is 20.4 Å². The number of hydrogen-bond acceptors (Lipinski definition) is 3. The number of carbonyl (C=O) groups excluding carboxylic acids is 2. The molecule has 3 N–H and O–H groups in total. The Hall–Kier alpha value is -2.86. The zero-order valence-corrected chi connectivity index (χ0v) is 17.2. The van der Waals surface area contributed by atoms with E-state index in [1.54, 1.807) is 0 Å². The Morgan fingerprint density at radius 3 is 2.32 bits per heavy atom. The van der Waals surface area contributed by atoms with E-state index in [1.165, 1.54) is 5.56 Å². The molecule has 1 atom stereocenters. The molecule has 0 aromatic heterocycles. The Morgan fingerprint density at radius 1 is 1.00 bits per heavy atom. The average Bonchev–Trinajstić information content (AvgIpc) is 2.67. The molecular formula is C22H31N4O2+. The summed E-state index contributed by atoms with van der Waals surface area (Å²) in [5, 5.41) is 5.56. The van der Waals surface area contributed by atoms with E-state index >= 15 is 0 Å². The second-order valence-electron chi connectivity index (χ2n) is 7.21. The predicted molar refractivity (Wildman–Crippen MR) is 114 cm³/mol. The number of hydrogen-bond donors (Lipinski definition) is 3. The van der Waals surface area contributed by atoms with Crippen molar-refractivity contribution in [2.75, 3.05) is 44.4 Å². The molecule has 0 spiro atoms. The monoisotopic (exact) mass is 383 g/mol. The van der Waals surface area contributed by atoms with Crippen LogP contribution in [0.1, 0.15) is 18.1 Å². The fourth-order valence-electron chi connectivity index (χ4n) is 2.98. The van der Waals surface area contributed by atoms with Gasteiger partial charge in [-0.25, -0.2) is 0 Å². The molecule has 0 aliphatic rings. The number of likely N-dealkylation sites (N-methyl/N-ethyl adjacent to an activating group) is 1. The van der Waals surface area contributed by atoms with E-state index in [9.17, 15) is 9.59 Å². The molecule has 0 bridgehead atoms. The van der Waals surface area contributed by atoms with E-state index in [1.807, 2.05) is 52.3 Å². The Morgan fingerprint density at radius 2 is 1.68 bits per heavy atom. The quantitative estimate of drug-likeness (QED) is 0.607. The minimum atomic E-state index is -0.217. The summed E-state index contributed by atoms with van der Waals surface area (Å²) in [6.07, 6.45) is 0.840. The molecule has 0 fully saturated rings. The van der Waals surface area contributed by atoms with Gasteiger partial charge in [0.2, 0.25) is 5.91 Å². The number of aryl methyl sites for hydroxylation is 1. The van der Waals surface area contributed by atoms with Crippen LogP contribution in [-0.2, 0) is 22.6 Å². The Bertz CT molecular complexity index is 787. The van der Waals surface area contributed by atoms with Gasteiger partial charge in [0, 0.05) is 31.0 Å². The number of nitrogens with one attached hydrogen (secondary N) is 3. The summed E-state index contributed by atoms with van der Waals surface area (Å²) in [4.78, 5) is 27.4. The third kappa shape index (κ3) is 6.70. The smallest absolute Gasteiger partial charge is 0.275 e. The number of amides is 2. The highest BCUT2D eigenvalue weighted by atomic mass is 16.2. The van der Waals surface area contributed by atoms with Gasteiger partial charge in [-0.3, -0.25) is 9.59 Å². The minimum Gasteiger partial charge on any atom is -0.378 e. The normalized spacial score (nSPS) is 11.6. The summed E-state index contributed by atoms with van der Waals surface area (Å²) in [5.41, 5.74) is 4.19. The van der Waals surface area contributed by atoms with Crippen molar-refractivity contribution in [1.82, 2.24) is 5.32 Å². The Balaban J connectivity index is 1.76. The van der Waals surface area contributed by atoms with Gasteiger partial charge in [0.15, 0.2) is 6.54 Å². The molecule has 6 heteroatoms. The van der Waals surface area contributed by atoms with Crippen molar-refractivity contribution < 1.29 is 14.5 Å². The molecule has 0 aliphatic heterocycles. The van der Waals surface area contributed by atoms with Crippen molar-refractivity contribution in [3.8, 4) is 0 Å². The van der Waals surface area contributed by atoms with Crippen molar-refractivity contribution in [2.45, 2.75) is 19.9 Å². The van der Waals surface area contributed by atoms with E-state index in [0.717, 1.165) is 34.8 Å². The molecule has 150 valence electrons. The van der Waals surface area contributed by atoms with Crippen LogP contribution in [0.25, 0.3) is 0 Å². The second kappa shape index (κ2) is 10.5. The lowest BCUT2D eigenvalue weighted by atomic mass is 10.1. The number of para-hydroxylation sites is 1. The van der Waals surface area contributed by atoms with Crippen LogP contribution in [0.3, 0.4) is 0 Å². The SMILES string of the molecule is CCc1ccccc1NC(=O)CNC(=O)C[NH+](C)Cc1ccc(N(C)C)cc1. The van der Waals surface area contributed by atoms with Crippen LogP contribution >= 0.6 is 0 Å². The third-order valence-electron chi connectivity index (χ3n) is 4.54. The van der Waals surface area contributed by atoms with Crippen molar-refractivity contribution in [3.63, 3.8) is 0 Å². The van der Waals surface area contributed by atoms with E-state index in [4.69, 9.17) is 0 Å². The van der Waals surface area contributed by atoms with E-state index < -0.39 is 0 Å². The van der Waals surface area contributed by atoms with Crippen molar-refractivity contribution in [2.24, 2.45) is 0 Å². The fourth-order valence-corrected chi connectivity index (χ4v) is 2.98. The van der Waals surface area contributed by atoms with E-state index in [2.05, 4.69) is 39.8 Å². The van der Waals surface area contributed by atoms with E-state index in [-0.39, 0.29) is 18.4 Å². The molecule has 2 aromatic carbocycles. The Labute approximate surface area is 167 Å². The van der Waals surface area contributed by atoms with Crippen LogP contribution in [-0.4, -0.2) is 46.0 Å². The summed E-state index contributed by atoms with van der Waals surface area (Å²) in [7, 11) is 5.98. The second-order valence-corrected chi connectivity index (χ2v) is 7.21. The molecule has 1 unspecified atom stereocenters. The molecule has 0 radical (unpaired) electrons. The highest BCUT2D eigenvalue weighted by molar-refractivity contribution is 5.95. The number of benzene rings is 2. The molecule has 0 saturated carbocycles. The van der Waals surface area contributed by atoms with Gasteiger partial charge in [-0.15, -0.1) is 0 Å². The maximum Gasteiger partial charge on any atom is 0.275 e. The Kier molecular flexibility index (Phi) is 8.02. The highest BCUT2D eigenvalue weighted by Gasteiger charge is 2.13. The van der Waals surface area contributed by atoms with Crippen molar-refractivity contribution in [3.05, 3.63) is 59.7 Å². The molecule has 0 heterocycles. The van der Waals surface area contributed by atoms with Crippen LogP contribution < -0.4 is 20.4 Å². The van der Waals surface area contributed by atoms with Crippen LogP contribution in [0.2, 0.25) is 0 Å². The number of anilines is 2. The maximum atomic E-state index is 12.1. The lowest BCUT2D eigenvalue weighted by molar-refractivity contribution is -0.885. The molecule has 28 heavy (non-hydrogen) atoms. The van der Waals surface area contributed by atoms with Crippen LogP contribution in [0.5, 0.6) is 0 Å². The van der Waals surface area contributed by atoms with Gasteiger partial charge >= 0.3 is 0 Å². The minimum absolute atomic E-state index is 0.0261. The number of carbonyl (C=O) groups is 2. The first-order valence-corrected chi connectivity index (χ1v) is 9.61. The topological polar surface area (TPSA) is 65.9 Å². The first-order chi connectivity index (χ1) is 13.4. The molecule has 2 aromatic rings. The van der Waals surface area contributed by atoms with Gasteiger partial charge in [-0.05, 0) is 30.2 Å². The molecule has 0 saturated heterocycles. The maximum absolute atomic E-state index is 12.1. The summed E-state index contributed by atoms with van der Waals surface area (Å²) in [6, 6.07) is 16.0. The number of rotatable bonds is 9. The lowest BCUT2D eigenvalue weighted by Gasteiger charge is -2.16. The molecular weight excluding hydrogens is 352 g/mol. The summed E-state index contributed by atoms with van der Waals surface area (Å²) in [6.45, 7) is 3.08. The van der Waals surface area contributed by atoms with Crippen molar-refractivity contribution in [1.29, 1.82) is 0 Å². The predicted octanol–water partition coefficient (Wildman–Crippen LogP) is 1.08. The first kappa shape index (κ1) is 21.4. The van der Waals surface area contributed by atoms with Gasteiger partial charge in [0.1, 0.15) is 6.54 Å². The van der Waals surface area contributed by atoms with Crippen LogP contribution in [0.15, 0.2) is 48.5 Å². The fraction of sp³-hybridized carbons (Fsp3) is 0.364. The van der Waals surface area contributed by atoms with Crippen LogP contribution in [0.4, 0.5) is 11.4 Å². The number of nitrogens with zero attached hydrogens (tertiary/aromatic N) is 1. The van der Waals surface area contributed by atoms with E-state index in [0.29, 0.717) is 6.54 Å². The molecule has 6 nitrogen and oxygen atoms in total. The zero-order chi connectivity index (χ0) is 20.5. The lowest BCUT2D eigenvalue weighted by Crippen LogP contribution is -3.08. The summed E-state index contributed by atoms with van der Waals surface area (Å²) >= 11 is 0. The highest BCUT2D eigenvalue weighted by Crippen LogP contribution is 2.15. The molecule has 0 aliphatic carbocycles. The average molecular weight is 384 g/mol. The first-order valence-electron chi connectivity index (χ1n) is 9.61. The van der Waals surface area contributed by atoms with Gasteiger partial charge in [-0.2, -0.15) is 0 Å². The van der Waals surface area contributed by atoms with Gasteiger partial charge in [0.05, 0.1) is 13.6 Å². The van der Waals surface area contributed by atoms with Crippen LogP contribution in [0, 0.1) is 0 Å². The standard InChI is InChI=1S/C22H30N4O2/c1-5-18-8-6-7-9-20(18)24-21(27)14-23-22(28)16-26(4)15-17-10-12-19(13-11-17)25(2)3/h6-13H,5,14-16H2,1-4H3,(H,23,28)(H,24,27)/p+1. The number of quaternary nitrogens is 1. The third-order valence-corrected chi connectivity index (χ3v) is 4.54. The largest absolute Gasteiger partial charge is 0.378 e. The summed E-state index contributed by atoms with van der Waals surface area (Å²) < 4.78 is 0. The molecule has 2 amide bonds. The van der Waals surface area contributed by atoms with Gasteiger partial charge in [-0.1, -0.05) is 37.3 Å². The zero-order valence-electron chi connectivity index (χ0n) is 17.2. The summed E-state index contributed by atoms with van der Waals surface area (Å²) in [5.74, 6) is -0.354.